The van der Waals surface area contributed by atoms with Crippen LogP contribution in [0.1, 0.15) is 44.6 Å². The summed E-state index contributed by atoms with van der Waals surface area (Å²) in [6.45, 7) is 8.28. The Morgan fingerprint density at radius 2 is 2.18 bits per heavy atom. The van der Waals surface area contributed by atoms with Crippen molar-refractivity contribution in [2.24, 2.45) is 23.2 Å². The van der Waals surface area contributed by atoms with Gasteiger partial charge in [-0.2, -0.15) is 0 Å². The molecule has 5 atom stereocenters. The largest absolute Gasteiger partial charge is 0.496 e. The highest BCUT2D eigenvalue weighted by atomic mass is 16.6. The van der Waals surface area contributed by atoms with Gasteiger partial charge in [-0.05, 0) is 68.0 Å². The van der Waals surface area contributed by atoms with E-state index in [2.05, 4.69) is 24.9 Å². The Kier molecular flexibility index (Phi) is 5.50. The molecule has 3 aliphatic rings. The molecule has 4 nitrogen and oxygen atoms in total. The highest BCUT2D eigenvalue weighted by Gasteiger charge is 2.54. The molecule has 1 aromatic carbocycles. The lowest BCUT2D eigenvalue weighted by atomic mass is 9.55. The molecular formula is C24H33NO3. The standard InChI is InChI=1S/C24H33NO3/c1-16-7-6-11-24(2)14-22-18(13-20(16)24)19(23(26)28-22)15-25-12-10-17-8-4-5-9-21(17)27-3/h4-5,8-9,18-20,22,25H,1,6-7,10-15H2,2-3H3/t18-,19?,20?,22-,24-/m1/s1. The van der Waals surface area contributed by atoms with Crippen molar-refractivity contribution in [3.05, 3.63) is 42.0 Å². The molecule has 2 saturated carbocycles. The zero-order valence-corrected chi connectivity index (χ0v) is 17.2. The van der Waals surface area contributed by atoms with Crippen LogP contribution in [0, 0.1) is 23.2 Å². The lowest BCUT2D eigenvalue weighted by molar-refractivity contribution is -0.146. The lowest BCUT2D eigenvalue weighted by Crippen LogP contribution is -2.45. The van der Waals surface area contributed by atoms with Crippen LogP contribution in [0.5, 0.6) is 5.75 Å². The summed E-state index contributed by atoms with van der Waals surface area (Å²) >= 11 is 0. The van der Waals surface area contributed by atoms with Crippen LogP contribution >= 0.6 is 0 Å². The van der Waals surface area contributed by atoms with Gasteiger partial charge < -0.3 is 14.8 Å². The Morgan fingerprint density at radius 3 is 3.00 bits per heavy atom. The Bertz CT molecular complexity index is 745. The molecule has 28 heavy (non-hydrogen) atoms. The van der Waals surface area contributed by atoms with Crippen LogP contribution < -0.4 is 10.1 Å². The summed E-state index contributed by atoms with van der Waals surface area (Å²) in [5.41, 5.74) is 2.86. The van der Waals surface area contributed by atoms with Crippen LogP contribution in [0.2, 0.25) is 0 Å². The number of esters is 1. The maximum absolute atomic E-state index is 12.6. The number of methoxy groups -OCH3 is 1. The maximum atomic E-state index is 12.6. The topological polar surface area (TPSA) is 47.6 Å². The maximum Gasteiger partial charge on any atom is 0.310 e. The van der Waals surface area contributed by atoms with Crippen molar-refractivity contribution in [3.63, 3.8) is 0 Å². The zero-order chi connectivity index (χ0) is 19.7. The van der Waals surface area contributed by atoms with Crippen molar-refractivity contribution in [1.82, 2.24) is 5.32 Å². The third-order valence-electron chi connectivity index (χ3n) is 7.45. The van der Waals surface area contributed by atoms with E-state index in [1.165, 1.54) is 24.0 Å². The van der Waals surface area contributed by atoms with Crippen LogP contribution in [0.4, 0.5) is 0 Å². The smallest absolute Gasteiger partial charge is 0.310 e. The summed E-state index contributed by atoms with van der Waals surface area (Å²) in [7, 11) is 1.71. The van der Waals surface area contributed by atoms with Gasteiger partial charge in [0.1, 0.15) is 11.9 Å². The molecule has 0 bridgehead atoms. The predicted octanol–water partition coefficient (Wildman–Crippen LogP) is 4.14. The van der Waals surface area contributed by atoms with Crippen molar-refractivity contribution >= 4 is 5.97 Å². The van der Waals surface area contributed by atoms with Gasteiger partial charge in [0, 0.05) is 12.5 Å². The average molecular weight is 384 g/mol. The predicted molar refractivity (Wildman–Crippen MR) is 110 cm³/mol. The first-order valence-electron chi connectivity index (χ1n) is 10.7. The zero-order valence-electron chi connectivity index (χ0n) is 17.2. The van der Waals surface area contributed by atoms with Crippen LogP contribution in [-0.2, 0) is 16.0 Å². The van der Waals surface area contributed by atoms with Crippen LogP contribution in [0.25, 0.3) is 0 Å². The number of carbonyl (C=O) groups is 1. The number of carbonyl (C=O) groups excluding carboxylic acids is 1. The minimum Gasteiger partial charge on any atom is -0.496 e. The van der Waals surface area contributed by atoms with Gasteiger partial charge in [-0.25, -0.2) is 0 Å². The number of ether oxygens (including phenoxy) is 2. The monoisotopic (exact) mass is 383 g/mol. The Labute approximate surface area is 168 Å². The van der Waals surface area contributed by atoms with E-state index >= 15 is 0 Å². The van der Waals surface area contributed by atoms with E-state index in [1.807, 2.05) is 18.2 Å². The van der Waals surface area contributed by atoms with Gasteiger partial charge >= 0.3 is 5.97 Å². The summed E-state index contributed by atoms with van der Waals surface area (Å²) in [6.07, 6.45) is 6.66. The minimum absolute atomic E-state index is 0.00680. The molecule has 1 N–H and O–H groups in total. The van der Waals surface area contributed by atoms with E-state index in [4.69, 9.17) is 9.47 Å². The quantitative estimate of drug-likeness (QED) is 0.456. The highest BCUT2D eigenvalue weighted by Crippen LogP contribution is 2.56. The lowest BCUT2D eigenvalue weighted by Gasteiger charge is -2.50. The summed E-state index contributed by atoms with van der Waals surface area (Å²) in [5.74, 6) is 1.77. The van der Waals surface area contributed by atoms with Crippen LogP contribution in [-0.4, -0.2) is 32.3 Å². The fourth-order valence-electron chi connectivity index (χ4n) is 5.88. The third kappa shape index (κ3) is 3.59. The van der Waals surface area contributed by atoms with Crippen LogP contribution in [0.3, 0.4) is 0 Å². The molecule has 0 spiro atoms. The number of benzene rings is 1. The number of nitrogens with one attached hydrogen (secondary N) is 1. The normalized spacial score (nSPS) is 34.5. The number of allylic oxidation sites excluding steroid dienone is 1. The molecule has 4 heteroatoms. The second-order valence-corrected chi connectivity index (χ2v) is 9.17. The van der Waals surface area contributed by atoms with Gasteiger partial charge in [-0.1, -0.05) is 37.3 Å². The van der Waals surface area contributed by atoms with E-state index in [9.17, 15) is 4.79 Å². The highest BCUT2D eigenvalue weighted by molar-refractivity contribution is 5.75. The summed E-state index contributed by atoms with van der Waals surface area (Å²) in [6, 6.07) is 8.11. The third-order valence-corrected chi connectivity index (χ3v) is 7.45. The molecule has 1 aliphatic heterocycles. The van der Waals surface area contributed by atoms with E-state index in [0.717, 1.165) is 38.0 Å². The SMILES string of the molecule is C=C1CCC[C@]2(C)C[C@H]3OC(=O)C(CNCCc4ccccc4OC)[C@H]3CC12. The van der Waals surface area contributed by atoms with Crippen molar-refractivity contribution in [2.45, 2.75) is 51.6 Å². The molecule has 152 valence electrons. The van der Waals surface area contributed by atoms with Gasteiger partial charge in [0.2, 0.25) is 0 Å². The molecule has 0 aromatic heterocycles. The van der Waals surface area contributed by atoms with Gasteiger partial charge in [-0.15, -0.1) is 0 Å². The number of fused-ring (bicyclic) bond motifs is 2. The van der Waals surface area contributed by atoms with Crippen molar-refractivity contribution in [1.29, 1.82) is 0 Å². The fourth-order valence-corrected chi connectivity index (χ4v) is 5.88. The molecule has 4 rings (SSSR count). The van der Waals surface area contributed by atoms with Gasteiger partial charge in [0.15, 0.2) is 0 Å². The molecule has 0 amide bonds. The first-order valence-corrected chi connectivity index (χ1v) is 10.7. The average Bonchev–Trinajstić information content (AvgIpc) is 2.97. The Balaban J connectivity index is 1.35. The molecular weight excluding hydrogens is 350 g/mol. The van der Waals surface area contributed by atoms with Crippen molar-refractivity contribution in [2.75, 3.05) is 20.2 Å². The second-order valence-electron chi connectivity index (χ2n) is 9.17. The molecule has 3 fully saturated rings. The number of hydrogen-bond acceptors (Lipinski definition) is 4. The first-order chi connectivity index (χ1) is 13.5. The van der Waals surface area contributed by atoms with Gasteiger partial charge in [0.05, 0.1) is 13.0 Å². The first kappa shape index (κ1) is 19.5. The second kappa shape index (κ2) is 7.90. The summed E-state index contributed by atoms with van der Waals surface area (Å²) in [5, 5.41) is 3.50. The number of para-hydroxylation sites is 1. The van der Waals surface area contributed by atoms with Gasteiger partial charge in [-0.3, -0.25) is 4.79 Å². The van der Waals surface area contributed by atoms with E-state index in [-0.39, 0.29) is 23.4 Å². The summed E-state index contributed by atoms with van der Waals surface area (Å²) in [4.78, 5) is 12.6. The molecule has 2 unspecified atom stereocenters. The number of hydrogen-bond donors (Lipinski definition) is 1. The number of rotatable bonds is 6. The van der Waals surface area contributed by atoms with E-state index in [1.54, 1.807) is 7.11 Å². The van der Waals surface area contributed by atoms with Crippen molar-refractivity contribution in [3.8, 4) is 5.75 Å². The van der Waals surface area contributed by atoms with E-state index in [0.29, 0.717) is 18.4 Å². The molecule has 0 radical (unpaired) electrons. The Hall–Kier alpha value is -1.81. The molecule has 1 aromatic rings. The van der Waals surface area contributed by atoms with Gasteiger partial charge in [0.25, 0.3) is 0 Å². The molecule has 1 heterocycles. The van der Waals surface area contributed by atoms with E-state index < -0.39 is 0 Å². The van der Waals surface area contributed by atoms with Crippen LogP contribution in [0.15, 0.2) is 36.4 Å². The Morgan fingerprint density at radius 1 is 1.36 bits per heavy atom. The van der Waals surface area contributed by atoms with Crippen molar-refractivity contribution < 1.29 is 14.3 Å². The molecule has 1 saturated heterocycles. The molecule has 2 aliphatic carbocycles. The summed E-state index contributed by atoms with van der Waals surface area (Å²) < 4.78 is 11.3. The fraction of sp³-hybridized carbons (Fsp3) is 0.625. The minimum atomic E-state index is -0.0260.